The zero-order valence-electron chi connectivity index (χ0n) is 12.7. The largest absolute Gasteiger partial charge is 0.454 e. The van der Waals surface area contributed by atoms with Gasteiger partial charge in [-0.15, -0.1) is 12.4 Å². The molecule has 1 aromatic rings. The first-order valence-corrected chi connectivity index (χ1v) is 7.33. The third-order valence-corrected chi connectivity index (χ3v) is 4.05. The zero-order chi connectivity index (χ0) is 13.9. The lowest BCUT2D eigenvalue weighted by atomic mass is 10.2. The second-order valence-corrected chi connectivity index (χ2v) is 5.43. The maximum atomic E-state index is 5.45. The number of ether oxygens (including phenoxy) is 2. The number of halogens is 1. The van der Waals surface area contributed by atoms with Crippen LogP contribution in [0.15, 0.2) is 18.2 Å². The highest BCUT2D eigenvalue weighted by Gasteiger charge is 2.20. The standard InChI is InChI=1S/C15H23N3O2.ClH/c1-3-17(18-8-6-16(2)7-9-18)11-13-4-5-14-15(10-13)20-12-19-14;/h4-5,10H,3,6-9,11-12H2,1-2H3;1H. The number of fused-ring (bicyclic) bond motifs is 1. The lowest BCUT2D eigenvalue weighted by molar-refractivity contribution is -0.0566. The average molecular weight is 314 g/mol. The highest BCUT2D eigenvalue weighted by molar-refractivity contribution is 5.85. The summed E-state index contributed by atoms with van der Waals surface area (Å²) in [6, 6.07) is 6.24. The molecule has 2 heterocycles. The summed E-state index contributed by atoms with van der Waals surface area (Å²) in [5, 5.41) is 4.88. The van der Waals surface area contributed by atoms with E-state index in [4.69, 9.17) is 9.47 Å². The first-order valence-electron chi connectivity index (χ1n) is 7.33. The van der Waals surface area contributed by atoms with E-state index in [1.165, 1.54) is 5.56 Å². The minimum absolute atomic E-state index is 0. The Bertz CT molecular complexity index is 464. The topological polar surface area (TPSA) is 28.2 Å². The van der Waals surface area contributed by atoms with Gasteiger partial charge in [0.15, 0.2) is 11.5 Å². The van der Waals surface area contributed by atoms with Gasteiger partial charge in [-0.25, -0.2) is 10.0 Å². The number of piperazine rings is 1. The van der Waals surface area contributed by atoms with Gasteiger partial charge in [0.05, 0.1) is 0 Å². The molecule has 2 aliphatic rings. The zero-order valence-corrected chi connectivity index (χ0v) is 13.6. The molecule has 0 saturated carbocycles. The van der Waals surface area contributed by atoms with E-state index in [1.54, 1.807) is 0 Å². The fraction of sp³-hybridized carbons (Fsp3) is 0.600. The Morgan fingerprint density at radius 1 is 1.10 bits per heavy atom. The highest BCUT2D eigenvalue weighted by atomic mass is 35.5. The molecule has 0 amide bonds. The van der Waals surface area contributed by atoms with Crippen molar-refractivity contribution in [2.75, 3.05) is 46.6 Å². The summed E-state index contributed by atoms with van der Waals surface area (Å²) >= 11 is 0. The number of hydrogen-bond donors (Lipinski definition) is 0. The van der Waals surface area contributed by atoms with Crippen molar-refractivity contribution in [2.24, 2.45) is 0 Å². The normalized spacial score (nSPS) is 18.8. The summed E-state index contributed by atoms with van der Waals surface area (Å²) in [5.74, 6) is 1.73. The number of benzene rings is 1. The van der Waals surface area contributed by atoms with Gasteiger partial charge in [0.25, 0.3) is 0 Å². The molecule has 0 unspecified atom stereocenters. The van der Waals surface area contributed by atoms with Crippen LogP contribution in [0.3, 0.4) is 0 Å². The molecule has 0 atom stereocenters. The summed E-state index contributed by atoms with van der Waals surface area (Å²) in [7, 11) is 2.19. The Morgan fingerprint density at radius 3 is 2.52 bits per heavy atom. The van der Waals surface area contributed by atoms with Crippen molar-refractivity contribution in [1.82, 2.24) is 14.9 Å². The minimum atomic E-state index is 0. The fourth-order valence-electron chi connectivity index (χ4n) is 2.74. The lowest BCUT2D eigenvalue weighted by Gasteiger charge is -2.39. The predicted molar refractivity (Wildman–Crippen MR) is 85.0 cm³/mol. The van der Waals surface area contributed by atoms with Crippen LogP contribution >= 0.6 is 12.4 Å². The molecule has 1 saturated heterocycles. The molecule has 118 valence electrons. The van der Waals surface area contributed by atoms with E-state index in [9.17, 15) is 0 Å². The van der Waals surface area contributed by atoms with Crippen LogP contribution in [0.4, 0.5) is 0 Å². The van der Waals surface area contributed by atoms with Crippen LogP contribution in [-0.2, 0) is 6.54 Å². The Balaban J connectivity index is 0.00000161. The van der Waals surface area contributed by atoms with Crippen LogP contribution in [0.2, 0.25) is 0 Å². The van der Waals surface area contributed by atoms with Gasteiger partial charge >= 0.3 is 0 Å². The van der Waals surface area contributed by atoms with Gasteiger partial charge in [-0.1, -0.05) is 13.0 Å². The third-order valence-electron chi connectivity index (χ3n) is 4.05. The van der Waals surface area contributed by atoms with E-state index in [1.807, 2.05) is 6.07 Å². The Morgan fingerprint density at radius 2 is 1.81 bits per heavy atom. The van der Waals surface area contributed by atoms with Crippen LogP contribution in [-0.4, -0.2) is 61.5 Å². The quantitative estimate of drug-likeness (QED) is 0.845. The average Bonchev–Trinajstić information content (AvgIpc) is 2.93. The molecule has 21 heavy (non-hydrogen) atoms. The first-order chi connectivity index (χ1) is 9.76. The molecule has 1 fully saturated rings. The first kappa shape index (κ1) is 16.4. The number of rotatable bonds is 4. The minimum Gasteiger partial charge on any atom is -0.454 e. The van der Waals surface area contributed by atoms with Gasteiger partial charge in [0.2, 0.25) is 6.79 Å². The number of nitrogens with zero attached hydrogens (tertiary/aromatic N) is 3. The SMILES string of the molecule is CCN(Cc1ccc2c(c1)OCO2)N1CCN(C)CC1.Cl. The molecule has 0 N–H and O–H groups in total. The Hall–Kier alpha value is -1.01. The maximum absolute atomic E-state index is 5.45. The summed E-state index contributed by atoms with van der Waals surface area (Å²) in [6.45, 7) is 8.99. The molecular formula is C15H24ClN3O2. The van der Waals surface area contributed by atoms with E-state index in [-0.39, 0.29) is 12.4 Å². The van der Waals surface area contributed by atoms with Gasteiger partial charge < -0.3 is 14.4 Å². The lowest BCUT2D eigenvalue weighted by Crippen LogP contribution is -2.52. The van der Waals surface area contributed by atoms with Crippen molar-refractivity contribution >= 4 is 12.4 Å². The third kappa shape index (κ3) is 3.80. The van der Waals surface area contributed by atoms with Crippen LogP contribution in [0, 0.1) is 0 Å². The van der Waals surface area contributed by atoms with Crippen molar-refractivity contribution in [3.63, 3.8) is 0 Å². The van der Waals surface area contributed by atoms with Crippen LogP contribution in [0.5, 0.6) is 11.5 Å². The molecule has 2 aliphatic heterocycles. The van der Waals surface area contributed by atoms with Gasteiger partial charge in [0, 0.05) is 39.3 Å². The molecular weight excluding hydrogens is 290 g/mol. The van der Waals surface area contributed by atoms with Crippen LogP contribution in [0.1, 0.15) is 12.5 Å². The summed E-state index contributed by atoms with van der Waals surface area (Å²) < 4.78 is 10.8. The van der Waals surface area contributed by atoms with Crippen molar-refractivity contribution in [3.05, 3.63) is 23.8 Å². The summed E-state index contributed by atoms with van der Waals surface area (Å²) in [5.41, 5.74) is 1.27. The molecule has 0 radical (unpaired) electrons. The van der Waals surface area contributed by atoms with Crippen LogP contribution in [0.25, 0.3) is 0 Å². The van der Waals surface area contributed by atoms with Crippen molar-refractivity contribution < 1.29 is 9.47 Å². The Kier molecular flexibility index (Phi) is 5.70. The van der Waals surface area contributed by atoms with E-state index in [0.29, 0.717) is 6.79 Å². The van der Waals surface area contributed by atoms with Gasteiger partial charge in [0.1, 0.15) is 0 Å². The van der Waals surface area contributed by atoms with E-state index < -0.39 is 0 Å². The molecule has 1 aromatic carbocycles. The van der Waals surface area contributed by atoms with E-state index in [2.05, 4.69) is 41.0 Å². The number of hydrazine groups is 1. The molecule has 0 bridgehead atoms. The van der Waals surface area contributed by atoms with Crippen molar-refractivity contribution in [1.29, 1.82) is 0 Å². The summed E-state index contributed by atoms with van der Waals surface area (Å²) in [6.07, 6.45) is 0. The van der Waals surface area contributed by atoms with Gasteiger partial charge in [-0.05, 0) is 24.7 Å². The van der Waals surface area contributed by atoms with E-state index >= 15 is 0 Å². The molecule has 0 aromatic heterocycles. The predicted octanol–water partition coefficient (Wildman–Crippen LogP) is 1.82. The fourth-order valence-corrected chi connectivity index (χ4v) is 2.74. The second kappa shape index (κ2) is 7.31. The van der Waals surface area contributed by atoms with Gasteiger partial charge in [-0.2, -0.15) is 0 Å². The van der Waals surface area contributed by atoms with Crippen LogP contribution < -0.4 is 9.47 Å². The highest BCUT2D eigenvalue weighted by Crippen LogP contribution is 2.32. The monoisotopic (exact) mass is 313 g/mol. The number of likely N-dealkylation sites (N-methyl/N-ethyl adjacent to an activating group) is 1. The molecule has 0 aliphatic carbocycles. The summed E-state index contributed by atoms with van der Waals surface area (Å²) in [4.78, 5) is 2.38. The van der Waals surface area contributed by atoms with Crippen molar-refractivity contribution in [3.8, 4) is 11.5 Å². The molecule has 3 rings (SSSR count). The van der Waals surface area contributed by atoms with Gasteiger partial charge in [-0.3, -0.25) is 0 Å². The molecule has 6 heteroatoms. The van der Waals surface area contributed by atoms with E-state index in [0.717, 1.165) is 50.8 Å². The smallest absolute Gasteiger partial charge is 0.231 e. The Labute approximate surface area is 132 Å². The molecule has 5 nitrogen and oxygen atoms in total. The van der Waals surface area contributed by atoms with Crippen molar-refractivity contribution in [2.45, 2.75) is 13.5 Å². The number of hydrogen-bond acceptors (Lipinski definition) is 5. The molecule has 0 spiro atoms. The second-order valence-electron chi connectivity index (χ2n) is 5.43. The maximum Gasteiger partial charge on any atom is 0.231 e.